The zero-order valence-corrected chi connectivity index (χ0v) is 16.9. The lowest BCUT2D eigenvalue weighted by Gasteiger charge is -2.25. The summed E-state index contributed by atoms with van der Waals surface area (Å²) >= 11 is 0. The minimum atomic E-state index is -4.78. The SMILES string of the molecule is Cc1ccc(N(CCC(=O)NCC(F)(F)F)S(=O)(=O)c2cccc(C(F)(F)F)c2)cc1. The Balaban J connectivity index is 2.36. The zero-order chi connectivity index (χ0) is 23.4. The van der Waals surface area contributed by atoms with E-state index in [4.69, 9.17) is 0 Å². The van der Waals surface area contributed by atoms with Gasteiger partial charge in [-0.15, -0.1) is 0 Å². The Labute approximate surface area is 174 Å². The fourth-order valence-electron chi connectivity index (χ4n) is 2.55. The van der Waals surface area contributed by atoms with E-state index in [0.717, 1.165) is 17.7 Å². The first-order chi connectivity index (χ1) is 14.2. The van der Waals surface area contributed by atoms with E-state index >= 15 is 0 Å². The highest BCUT2D eigenvalue weighted by atomic mass is 32.2. The van der Waals surface area contributed by atoms with Crippen molar-refractivity contribution in [2.24, 2.45) is 0 Å². The first kappa shape index (κ1) is 24.5. The van der Waals surface area contributed by atoms with Gasteiger partial charge in [-0.1, -0.05) is 23.8 Å². The van der Waals surface area contributed by atoms with Crippen molar-refractivity contribution in [3.8, 4) is 0 Å². The molecular formula is C19H18F6N2O3S. The molecule has 5 nitrogen and oxygen atoms in total. The molecule has 1 amide bonds. The maximum absolute atomic E-state index is 13.1. The second kappa shape index (κ2) is 9.16. The van der Waals surface area contributed by atoms with Gasteiger partial charge in [-0.25, -0.2) is 8.42 Å². The number of rotatable bonds is 7. The molecule has 2 rings (SSSR count). The first-order valence-corrected chi connectivity index (χ1v) is 10.2. The van der Waals surface area contributed by atoms with Gasteiger partial charge in [0.05, 0.1) is 16.1 Å². The molecule has 0 bridgehead atoms. The number of hydrogen-bond acceptors (Lipinski definition) is 3. The number of benzene rings is 2. The van der Waals surface area contributed by atoms with Gasteiger partial charge in [0.25, 0.3) is 10.0 Å². The highest BCUT2D eigenvalue weighted by molar-refractivity contribution is 7.92. The Morgan fingerprint density at radius 1 is 1.00 bits per heavy atom. The smallest absolute Gasteiger partial charge is 0.347 e. The molecule has 0 aromatic heterocycles. The number of carbonyl (C=O) groups is 1. The average Bonchev–Trinajstić information content (AvgIpc) is 2.66. The second-order valence-corrected chi connectivity index (χ2v) is 8.44. The normalized spacial score (nSPS) is 12.5. The number of halogens is 6. The molecule has 0 heterocycles. The van der Waals surface area contributed by atoms with Gasteiger partial charge in [0.2, 0.25) is 5.91 Å². The minimum Gasteiger partial charge on any atom is -0.347 e. The first-order valence-electron chi connectivity index (χ1n) is 8.80. The summed E-state index contributed by atoms with van der Waals surface area (Å²) in [5.41, 5.74) is -0.366. The van der Waals surface area contributed by atoms with Crippen molar-refractivity contribution in [2.45, 2.75) is 30.6 Å². The number of anilines is 1. The molecule has 0 atom stereocenters. The number of nitrogens with zero attached hydrogens (tertiary/aromatic N) is 1. The van der Waals surface area contributed by atoms with Crippen molar-refractivity contribution < 1.29 is 39.6 Å². The number of aryl methyl sites for hydroxylation is 1. The van der Waals surface area contributed by atoms with Gasteiger partial charge in [0.1, 0.15) is 6.54 Å². The van der Waals surface area contributed by atoms with E-state index < -0.39 is 58.3 Å². The maximum atomic E-state index is 13.1. The summed E-state index contributed by atoms with van der Waals surface area (Å²) in [6, 6.07) is 8.93. The summed E-state index contributed by atoms with van der Waals surface area (Å²) < 4.78 is 103. The molecule has 1 N–H and O–H groups in total. The molecule has 0 saturated heterocycles. The van der Waals surface area contributed by atoms with Crippen LogP contribution in [0.25, 0.3) is 0 Å². The Morgan fingerprint density at radius 2 is 1.61 bits per heavy atom. The summed E-state index contributed by atoms with van der Waals surface area (Å²) in [6.45, 7) is -0.442. The molecule has 0 aliphatic carbocycles. The third-order valence-electron chi connectivity index (χ3n) is 4.10. The lowest BCUT2D eigenvalue weighted by atomic mass is 10.2. The standard InChI is InChI=1S/C19H18F6N2O3S/c1-13-5-7-15(8-6-13)27(10-9-17(28)26-12-18(20,21)22)31(29,30)16-4-2-3-14(11-16)19(23,24)25/h2-8,11H,9-10,12H2,1H3,(H,26,28). The van der Waals surface area contributed by atoms with Crippen LogP contribution in [-0.4, -0.2) is 33.6 Å². The molecule has 2 aromatic carbocycles. The highest BCUT2D eigenvalue weighted by Crippen LogP contribution is 2.32. The minimum absolute atomic E-state index is 0.0478. The van der Waals surface area contributed by atoms with E-state index in [1.54, 1.807) is 24.4 Å². The van der Waals surface area contributed by atoms with Gasteiger partial charge in [-0.2, -0.15) is 26.3 Å². The molecule has 0 unspecified atom stereocenters. The molecule has 170 valence electrons. The Kier molecular flexibility index (Phi) is 7.25. The number of sulfonamides is 1. The van der Waals surface area contributed by atoms with Crippen molar-refractivity contribution in [1.29, 1.82) is 0 Å². The number of hydrogen-bond donors (Lipinski definition) is 1. The van der Waals surface area contributed by atoms with Crippen LogP contribution in [0.15, 0.2) is 53.4 Å². The summed E-state index contributed by atoms with van der Waals surface area (Å²) in [4.78, 5) is 11.1. The van der Waals surface area contributed by atoms with E-state index in [0.29, 0.717) is 16.4 Å². The van der Waals surface area contributed by atoms with Crippen molar-refractivity contribution in [3.05, 3.63) is 59.7 Å². The topological polar surface area (TPSA) is 66.5 Å². The van der Waals surface area contributed by atoms with Crippen LogP contribution < -0.4 is 9.62 Å². The van der Waals surface area contributed by atoms with Crippen LogP contribution in [0.1, 0.15) is 17.5 Å². The highest BCUT2D eigenvalue weighted by Gasteiger charge is 2.33. The van der Waals surface area contributed by atoms with Gasteiger partial charge >= 0.3 is 12.4 Å². The predicted molar refractivity (Wildman–Crippen MR) is 101 cm³/mol. The monoisotopic (exact) mass is 468 g/mol. The van der Waals surface area contributed by atoms with Crippen molar-refractivity contribution >= 4 is 21.6 Å². The van der Waals surface area contributed by atoms with Crippen LogP contribution in [0.3, 0.4) is 0 Å². The Bertz CT molecular complexity index is 1020. The van der Waals surface area contributed by atoms with Gasteiger partial charge in [0, 0.05) is 13.0 Å². The van der Waals surface area contributed by atoms with E-state index in [1.807, 2.05) is 0 Å². The second-order valence-electron chi connectivity index (χ2n) is 6.58. The molecule has 0 radical (unpaired) electrons. The third kappa shape index (κ3) is 6.88. The molecule has 2 aromatic rings. The third-order valence-corrected chi connectivity index (χ3v) is 5.92. The zero-order valence-electron chi connectivity index (χ0n) is 16.1. The molecule has 31 heavy (non-hydrogen) atoms. The van der Waals surface area contributed by atoms with Crippen molar-refractivity contribution in [3.63, 3.8) is 0 Å². The van der Waals surface area contributed by atoms with E-state index in [-0.39, 0.29) is 5.69 Å². The van der Waals surface area contributed by atoms with Crippen LogP contribution >= 0.6 is 0 Å². The van der Waals surface area contributed by atoms with Crippen LogP contribution in [-0.2, 0) is 21.0 Å². The molecule has 0 aliphatic rings. The lowest BCUT2D eigenvalue weighted by Crippen LogP contribution is -2.38. The number of alkyl halides is 6. The van der Waals surface area contributed by atoms with Gasteiger partial charge in [-0.05, 0) is 37.3 Å². The molecule has 0 fully saturated rings. The van der Waals surface area contributed by atoms with E-state index in [9.17, 15) is 39.6 Å². The number of carbonyl (C=O) groups excluding carboxylic acids is 1. The number of nitrogens with one attached hydrogen (secondary N) is 1. The van der Waals surface area contributed by atoms with Crippen LogP contribution in [0.4, 0.5) is 32.0 Å². The number of amides is 1. The van der Waals surface area contributed by atoms with Crippen LogP contribution in [0.2, 0.25) is 0 Å². The maximum Gasteiger partial charge on any atom is 0.416 e. The Morgan fingerprint density at radius 3 is 2.16 bits per heavy atom. The quantitative estimate of drug-likeness (QED) is 0.617. The molecular weight excluding hydrogens is 450 g/mol. The molecule has 0 spiro atoms. The fourth-order valence-corrected chi connectivity index (χ4v) is 4.06. The molecule has 12 heteroatoms. The van der Waals surface area contributed by atoms with Crippen molar-refractivity contribution in [1.82, 2.24) is 5.32 Å². The Hall–Kier alpha value is -2.76. The van der Waals surface area contributed by atoms with E-state index in [1.165, 1.54) is 12.1 Å². The summed E-state index contributed by atoms with van der Waals surface area (Å²) in [6.07, 6.45) is -10.1. The van der Waals surface area contributed by atoms with Crippen LogP contribution in [0, 0.1) is 6.92 Å². The lowest BCUT2D eigenvalue weighted by molar-refractivity contribution is -0.138. The molecule has 0 saturated carbocycles. The predicted octanol–water partition coefficient (Wildman–Crippen LogP) is 4.28. The summed E-state index contributed by atoms with van der Waals surface area (Å²) in [5.74, 6) is -1.06. The van der Waals surface area contributed by atoms with Gasteiger partial charge < -0.3 is 5.32 Å². The fraction of sp³-hybridized carbons (Fsp3) is 0.316. The van der Waals surface area contributed by atoms with E-state index in [2.05, 4.69) is 0 Å². The average molecular weight is 468 g/mol. The molecule has 0 aliphatic heterocycles. The summed E-state index contributed by atoms with van der Waals surface area (Å²) in [5, 5.41) is 1.62. The van der Waals surface area contributed by atoms with Crippen molar-refractivity contribution in [2.75, 3.05) is 17.4 Å². The largest absolute Gasteiger partial charge is 0.416 e. The van der Waals surface area contributed by atoms with Gasteiger partial charge in [0.15, 0.2) is 0 Å². The van der Waals surface area contributed by atoms with Crippen LogP contribution in [0.5, 0.6) is 0 Å². The van der Waals surface area contributed by atoms with Gasteiger partial charge in [-0.3, -0.25) is 9.10 Å². The summed E-state index contributed by atoms with van der Waals surface area (Å²) in [7, 11) is -4.56.